The normalized spacial score (nSPS) is 20.3. The molecule has 0 radical (unpaired) electrons. The van der Waals surface area contributed by atoms with Crippen molar-refractivity contribution in [3.05, 3.63) is 0 Å². The number of sulfone groups is 1. The lowest BCUT2D eigenvalue weighted by Gasteiger charge is -2.36. The van der Waals surface area contributed by atoms with Crippen LogP contribution in [0.1, 0.15) is 93.9 Å². The fourth-order valence-corrected chi connectivity index (χ4v) is 6.52. The van der Waals surface area contributed by atoms with Gasteiger partial charge in [0.05, 0.1) is 16.5 Å². The summed E-state index contributed by atoms with van der Waals surface area (Å²) in [6.45, 7) is 14.1. The number of likely N-dealkylation sites (tertiary alicyclic amines) is 1. The average molecular weight is 614 g/mol. The van der Waals surface area contributed by atoms with E-state index in [9.17, 15) is 32.4 Å². The topological polar surface area (TPSA) is 185 Å². The predicted octanol–water partition coefficient (Wildman–Crippen LogP) is 1.66. The largest absolute Gasteiger partial charge is 0.363 e. The number of rotatable bonds is 12. The van der Waals surface area contributed by atoms with E-state index in [4.69, 9.17) is 5.73 Å². The van der Waals surface area contributed by atoms with Crippen LogP contribution < -0.4 is 21.7 Å². The number of nitrogens with zero attached hydrogens (tertiary/aromatic N) is 1. The summed E-state index contributed by atoms with van der Waals surface area (Å²) < 4.78 is 24.7. The smallest absolute Gasteiger partial charge is 0.315 e. The molecule has 2 rings (SSSR count). The Morgan fingerprint density at radius 1 is 0.905 bits per heavy atom. The molecule has 0 aromatic rings. The first-order chi connectivity index (χ1) is 19.2. The Morgan fingerprint density at radius 3 is 1.95 bits per heavy atom. The first-order valence-electron chi connectivity index (χ1n) is 14.9. The Labute approximate surface area is 250 Å². The highest BCUT2D eigenvalue weighted by atomic mass is 32.2. The van der Waals surface area contributed by atoms with Crippen LogP contribution in [0.2, 0.25) is 0 Å². The van der Waals surface area contributed by atoms with Crippen LogP contribution in [-0.4, -0.2) is 84.1 Å². The van der Waals surface area contributed by atoms with Gasteiger partial charge < -0.3 is 26.6 Å². The number of Topliss-reactive ketones (excluding diaryl/α,β-unsaturated/α-hetero) is 1. The number of nitrogens with one attached hydrogen (secondary N) is 3. The van der Waals surface area contributed by atoms with Crippen LogP contribution in [0.4, 0.5) is 4.79 Å². The molecule has 240 valence electrons. The maximum atomic E-state index is 13.9. The van der Waals surface area contributed by atoms with Crippen molar-refractivity contribution in [3.63, 3.8) is 0 Å². The van der Waals surface area contributed by atoms with Gasteiger partial charge in [0, 0.05) is 12.6 Å². The molecule has 2 fully saturated rings. The highest BCUT2D eigenvalue weighted by Gasteiger charge is 2.43. The van der Waals surface area contributed by atoms with Gasteiger partial charge in [0.2, 0.25) is 17.6 Å². The molecule has 42 heavy (non-hydrogen) atoms. The first kappa shape index (κ1) is 35.5. The molecular weight excluding hydrogens is 562 g/mol. The maximum absolute atomic E-state index is 13.9. The van der Waals surface area contributed by atoms with Crippen molar-refractivity contribution in [2.75, 3.05) is 12.3 Å². The third-order valence-corrected chi connectivity index (χ3v) is 11.0. The van der Waals surface area contributed by atoms with E-state index in [0.717, 1.165) is 19.3 Å². The Balaban J connectivity index is 2.19. The lowest BCUT2D eigenvalue weighted by Crippen LogP contribution is -2.61. The fraction of sp³-hybridized carbons (Fsp3) is 0.828. The predicted molar refractivity (Wildman–Crippen MR) is 160 cm³/mol. The molecule has 0 bridgehead atoms. The number of primary amides is 1. The zero-order chi connectivity index (χ0) is 32.2. The fourth-order valence-electron chi connectivity index (χ4n) is 5.08. The van der Waals surface area contributed by atoms with Crippen LogP contribution in [0.3, 0.4) is 0 Å². The van der Waals surface area contributed by atoms with Crippen molar-refractivity contribution in [2.24, 2.45) is 23.0 Å². The Hall–Kier alpha value is -2.70. The van der Waals surface area contributed by atoms with Crippen LogP contribution in [0.15, 0.2) is 0 Å². The van der Waals surface area contributed by atoms with E-state index in [-0.39, 0.29) is 24.1 Å². The van der Waals surface area contributed by atoms with Crippen LogP contribution >= 0.6 is 0 Å². The number of amides is 5. The lowest BCUT2D eigenvalue weighted by atomic mass is 9.80. The first-order valence-corrected chi connectivity index (χ1v) is 16.5. The summed E-state index contributed by atoms with van der Waals surface area (Å²) in [5.74, 6) is -3.20. The quantitative estimate of drug-likeness (QED) is 0.241. The molecule has 1 aliphatic carbocycles. The molecule has 0 aromatic carbocycles. The molecule has 1 heterocycles. The van der Waals surface area contributed by atoms with Crippen molar-refractivity contribution in [3.8, 4) is 0 Å². The van der Waals surface area contributed by atoms with Gasteiger partial charge in [0.15, 0.2) is 9.84 Å². The third-order valence-electron chi connectivity index (χ3n) is 8.35. The molecule has 5 amide bonds. The number of nitrogens with two attached hydrogens (primary N) is 1. The average Bonchev–Trinajstić information content (AvgIpc) is 3.31. The summed E-state index contributed by atoms with van der Waals surface area (Å²) in [5, 5.41) is 8.15. The Bertz CT molecular complexity index is 1140. The van der Waals surface area contributed by atoms with Gasteiger partial charge in [0.1, 0.15) is 12.1 Å². The number of hydrogen-bond donors (Lipinski definition) is 4. The second-order valence-electron chi connectivity index (χ2n) is 14.2. The van der Waals surface area contributed by atoms with Gasteiger partial charge in [-0.15, -0.1) is 0 Å². The molecular formula is C29H51N5O7S. The third kappa shape index (κ3) is 9.15. The van der Waals surface area contributed by atoms with Gasteiger partial charge in [-0.3, -0.25) is 19.2 Å². The summed E-state index contributed by atoms with van der Waals surface area (Å²) in [6.07, 6.45) is 4.08. The minimum absolute atomic E-state index is 0.195. The lowest BCUT2D eigenvalue weighted by molar-refractivity contribution is -0.143. The Morgan fingerprint density at radius 2 is 1.50 bits per heavy atom. The van der Waals surface area contributed by atoms with E-state index in [1.54, 1.807) is 41.5 Å². The second-order valence-corrected chi connectivity index (χ2v) is 17.0. The van der Waals surface area contributed by atoms with Gasteiger partial charge in [0.25, 0.3) is 5.91 Å². The van der Waals surface area contributed by atoms with E-state index in [1.807, 2.05) is 13.8 Å². The summed E-state index contributed by atoms with van der Waals surface area (Å²) in [6, 6.07) is -4.32. The molecule has 1 saturated heterocycles. The van der Waals surface area contributed by atoms with Crippen LogP contribution in [-0.2, 0) is 29.0 Å². The van der Waals surface area contributed by atoms with E-state index < -0.39 is 73.7 Å². The van der Waals surface area contributed by atoms with Crippen molar-refractivity contribution in [2.45, 2.75) is 123 Å². The number of carbonyl (C=O) groups excluding carboxylic acids is 5. The van der Waals surface area contributed by atoms with E-state index in [1.165, 1.54) is 4.90 Å². The molecule has 0 spiro atoms. The summed E-state index contributed by atoms with van der Waals surface area (Å²) >= 11 is 0. The Kier molecular flexibility index (Phi) is 11.6. The van der Waals surface area contributed by atoms with Gasteiger partial charge in [-0.1, -0.05) is 53.9 Å². The SMILES string of the molecule is CC(C)[C@@H](CS(=O)(=O)C(C)(C)C)NC(=O)N[C@H](C(=O)N1CCC[C@H]1C(=O)NC(CC1CCC1)C(=O)C(N)=O)C(C)(C)C. The van der Waals surface area contributed by atoms with Crippen LogP contribution in [0.25, 0.3) is 0 Å². The van der Waals surface area contributed by atoms with Gasteiger partial charge in [-0.2, -0.15) is 0 Å². The minimum Gasteiger partial charge on any atom is -0.363 e. The monoisotopic (exact) mass is 613 g/mol. The molecule has 1 saturated carbocycles. The summed E-state index contributed by atoms with van der Waals surface area (Å²) in [4.78, 5) is 65.9. The molecule has 1 aliphatic heterocycles. The van der Waals surface area contributed by atoms with E-state index in [0.29, 0.717) is 19.3 Å². The van der Waals surface area contributed by atoms with Crippen molar-refractivity contribution in [1.29, 1.82) is 0 Å². The molecule has 5 N–H and O–H groups in total. The van der Waals surface area contributed by atoms with Gasteiger partial charge >= 0.3 is 6.03 Å². The van der Waals surface area contributed by atoms with E-state index >= 15 is 0 Å². The maximum Gasteiger partial charge on any atom is 0.315 e. The summed E-state index contributed by atoms with van der Waals surface area (Å²) in [5.41, 5.74) is 4.48. The minimum atomic E-state index is -3.53. The molecule has 2 aliphatic rings. The number of ketones is 1. The van der Waals surface area contributed by atoms with Crippen molar-refractivity contribution in [1.82, 2.24) is 20.9 Å². The number of hydrogen-bond acceptors (Lipinski definition) is 7. The van der Waals surface area contributed by atoms with Crippen molar-refractivity contribution >= 4 is 39.4 Å². The summed E-state index contributed by atoms with van der Waals surface area (Å²) in [7, 11) is -3.53. The zero-order valence-corrected chi connectivity index (χ0v) is 27.2. The standard InChI is InChI=1S/C29H51N5O7S/c1-17(2)20(16-42(40,41)29(6,7)8)32-27(39)33-23(28(3,4)5)26(38)34-14-10-13-21(34)25(37)31-19(22(35)24(30)36)15-18-11-9-12-18/h17-21,23H,9-16H2,1-8H3,(H2,30,36)(H,31,37)(H2,32,33,39)/t19?,20-,21+,23-/m1/s1. The molecule has 1 unspecified atom stereocenters. The molecule has 4 atom stereocenters. The molecule has 13 heteroatoms. The van der Waals surface area contributed by atoms with Gasteiger partial charge in [-0.25, -0.2) is 13.2 Å². The van der Waals surface area contributed by atoms with Crippen LogP contribution in [0, 0.1) is 17.3 Å². The zero-order valence-electron chi connectivity index (χ0n) is 26.4. The van der Waals surface area contributed by atoms with Crippen LogP contribution in [0.5, 0.6) is 0 Å². The number of carbonyl (C=O) groups is 5. The second kappa shape index (κ2) is 13.7. The molecule has 0 aromatic heterocycles. The van der Waals surface area contributed by atoms with Gasteiger partial charge in [-0.05, 0) is 57.3 Å². The highest BCUT2D eigenvalue weighted by Crippen LogP contribution is 2.31. The van der Waals surface area contributed by atoms with Crippen molar-refractivity contribution < 1.29 is 32.4 Å². The highest BCUT2D eigenvalue weighted by molar-refractivity contribution is 7.92. The number of urea groups is 1. The molecule has 12 nitrogen and oxygen atoms in total. The van der Waals surface area contributed by atoms with E-state index in [2.05, 4.69) is 16.0 Å².